The first kappa shape index (κ1) is 19.1. The first-order chi connectivity index (χ1) is 13.5. The van der Waals surface area contributed by atoms with Crippen LogP contribution in [0, 0.1) is 5.82 Å². The second-order valence-electron chi connectivity index (χ2n) is 6.02. The van der Waals surface area contributed by atoms with Gasteiger partial charge in [-0.1, -0.05) is 23.4 Å². The molecule has 0 fully saturated rings. The molecule has 1 amide bonds. The van der Waals surface area contributed by atoms with E-state index < -0.39 is 0 Å². The van der Waals surface area contributed by atoms with Crippen LogP contribution < -0.4 is 10.1 Å². The molecule has 0 saturated carbocycles. The second-order valence-corrected chi connectivity index (χ2v) is 6.02. The molecule has 8 heteroatoms. The van der Waals surface area contributed by atoms with Gasteiger partial charge in [0.15, 0.2) is 11.5 Å². The van der Waals surface area contributed by atoms with Gasteiger partial charge in [-0.3, -0.25) is 4.79 Å². The predicted molar refractivity (Wildman–Crippen MR) is 101 cm³/mol. The highest BCUT2D eigenvalue weighted by Gasteiger charge is 2.05. The molecule has 0 spiro atoms. The van der Waals surface area contributed by atoms with Crippen LogP contribution in [0.4, 0.5) is 4.39 Å². The highest BCUT2D eigenvalue weighted by Crippen LogP contribution is 2.26. The minimum Gasteiger partial charge on any atom is -0.504 e. The lowest BCUT2D eigenvalue weighted by molar-refractivity contribution is -0.116. The van der Waals surface area contributed by atoms with Gasteiger partial charge < -0.3 is 15.2 Å². The number of hydrogen-bond acceptors (Lipinski definition) is 5. The van der Waals surface area contributed by atoms with Crippen LogP contribution in [0.1, 0.15) is 16.8 Å². The number of amides is 1. The van der Waals surface area contributed by atoms with Crippen molar-refractivity contribution in [3.63, 3.8) is 0 Å². The van der Waals surface area contributed by atoms with Crippen molar-refractivity contribution in [1.29, 1.82) is 0 Å². The number of hydrogen-bond donors (Lipinski definition) is 2. The number of phenolic OH excluding ortho intramolecular Hbond substituents is 1. The van der Waals surface area contributed by atoms with E-state index >= 15 is 0 Å². The average Bonchev–Trinajstić information content (AvgIpc) is 3.13. The van der Waals surface area contributed by atoms with Crippen molar-refractivity contribution in [1.82, 2.24) is 20.3 Å². The fourth-order valence-corrected chi connectivity index (χ4v) is 2.53. The van der Waals surface area contributed by atoms with E-state index in [-0.39, 0.29) is 24.0 Å². The molecule has 7 nitrogen and oxygen atoms in total. The minimum atomic E-state index is -0.303. The summed E-state index contributed by atoms with van der Waals surface area (Å²) in [6, 6.07) is 11.0. The summed E-state index contributed by atoms with van der Waals surface area (Å²) in [4.78, 5) is 12.0. The van der Waals surface area contributed by atoms with E-state index in [1.54, 1.807) is 41.2 Å². The van der Waals surface area contributed by atoms with E-state index in [9.17, 15) is 14.3 Å². The third-order valence-electron chi connectivity index (χ3n) is 3.89. The van der Waals surface area contributed by atoms with Gasteiger partial charge in [0, 0.05) is 6.08 Å². The number of ether oxygens (including phenoxy) is 1. The first-order valence-corrected chi connectivity index (χ1v) is 8.50. The Balaban J connectivity index is 1.53. The number of nitrogens with zero attached hydrogens (tertiary/aromatic N) is 3. The normalized spacial score (nSPS) is 10.9. The van der Waals surface area contributed by atoms with Crippen LogP contribution in [-0.4, -0.2) is 33.1 Å². The Morgan fingerprint density at radius 2 is 2.18 bits per heavy atom. The molecular formula is C20H19FN4O3. The van der Waals surface area contributed by atoms with Crippen LogP contribution in [-0.2, 0) is 17.9 Å². The molecular weight excluding hydrogens is 363 g/mol. The third-order valence-corrected chi connectivity index (χ3v) is 3.89. The van der Waals surface area contributed by atoms with E-state index in [0.29, 0.717) is 23.6 Å². The topological polar surface area (TPSA) is 89.3 Å². The third kappa shape index (κ3) is 5.16. The van der Waals surface area contributed by atoms with Gasteiger partial charge in [0.25, 0.3) is 0 Å². The zero-order chi connectivity index (χ0) is 19.9. The molecule has 3 aromatic rings. The monoisotopic (exact) mass is 382 g/mol. The zero-order valence-corrected chi connectivity index (χ0v) is 15.2. The van der Waals surface area contributed by atoms with Gasteiger partial charge >= 0.3 is 0 Å². The van der Waals surface area contributed by atoms with Crippen molar-refractivity contribution in [3.8, 4) is 11.5 Å². The van der Waals surface area contributed by atoms with Gasteiger partial charge in [0.1, 0.15) is 11.5 Å². The summed E-state index contributed by atoms with van der Waals surface area (Å²) >= 11 is 0. The molecule has 2 aromatic carbocycles. The smallest absolute Gasteiger partial charge is 0.244 e. The van der Waals surface area contributed by atoms with E-state index in [1.165, 1.54) is 31.4 Å². The number of aromatic nitrogens is 3. The summed E-state index contributed by atoms with van der Waals surface area (Å²) in [5, 5.41) is 20.3. The fraction of sp³-hybridized carbons (Fsp3) is 0.150. The number of benzene rings is 2. The minimum absolute atomic E-state index is 0.0328. The summed E-state index contributed by atoms with van der Waals surface area (Å²) in [7, 11) is 1.46. The van der Waals surface area contributed by atoms with Crippen LogP contribution in [0.15, 0.2) is 54.7 Å². The van der Waals surface area contributed by atoms with E-state index in [4.69, 9.17) is 4.74 Å². The number of carbonyl (C=O) groups is 1. The van der Waals surface area contributed by atoms with Crippen molar-refractivity contribution in [2.75, 3.05) is 7.11 Å². The van der Waals surface area contributed by atoms with Gasteiger partial charge in [-0.15, -0.1) is 5.10 Å². The van der Waals surface area contributed by atoms with Gasteiger partial charge in [0.2, 0.25) is 5.91 Å². The first-order valence-electron chi connectivity index (χ1n) is 8.50. The zero-order valence-electron chi connectivity index (χ0n) is 15.2. The average molecular weight is 382 g/mol. The molecule has 0 aliphatic carbocycles. The molecule has 0 aliphatic heterocycles. The van der Waals surface area contributed by atoms with E-state index in [0.717, 1.165) is 5.56 Å². The molecule has 2 N–H and O–H groups in total. The molecule has 0 radical (unpaired) electrons. The Kier molecular flexibility index (Phi) is 6.01. The van der Waals surface area contributed by atoms with Crippen molar-refractivity contribution in [2.45, 2.75) is 13.1 Å². The van der Waals surface area contributed by atoms with Crippen LogP contribution in [0.5, 0.6) is 11.5 Å². The number of rotatable bonds is 7. The molecule has 0 atom stereocenters. The predicted octanol–water partition coefficient (Wildman–Crippen LogP) is 2.51. The largest absolute Gasteiger partial charge is 0.504 e. The molecule has 0 bridgehead atoms. The van der Waals surface area contributed by atoms with Gasteiger partial charge in [-0.25, -0.2) is 9.07 Å². The maximum Gasteiger partial charge on any atom is 0.244 e. The van der Waals surface area contributed by atoms with Crippen LogP contribution in [0.25, 0.3) is 6.08 Å². The Morgan fingerprint density at radius 1 is 1.32 bits per heavy atom. The van der Waals surface area contributed by atoms with E-state index in [1.807, 2.05) is 0 Å². The lowest BCUT2D eigenvalue weighted by Crippen LogP contribution is -2.20. The lowest BCUT2D eigenvalue weighted by atomic mass is 10.2. The lowest BCUT2D eigenvalue weighted by Gasteiger charge is -2.03. The Labute approximate surface area is 161 Å². The summed E-state index contributed by atoms with van der Waals surface area (Å²) in [6.07, 6.45) is 4.68. The quantitative estimate of drug-likeness (QED) is 0.613. The van der Waals surface area contributed by atoms with Crippen molar-refractivity contribution in [2.24, 2.45) is 0 Å². The Hall–Kier alpha value is -3.68. The number of nitrogens with one attached hydrogen (secondary N) is 1. The molecule has 0 saturated heterocycles. The van der Waals surface area contributed by atoms with Crippen molar-refractivity contribution in [3.05, 3.63) is 77.4 Å². The van der Waals surface area contributed by atoms with Crippen molar-refractivity contribution < 1.29 is 19.0 Å². The maximum absolute atomic E-state index is 13.2. The summed E-state index contributed by atoms with van der Waals surface area (Å²) in [5.74, 6) is -0.238. The Morgan fingerprint density at radius 3 is 2.96 bits per heavy atom. The highest BCUT2D eigenvalue weighted by atomic mass is 19.1. The highest BCUT2D eigenvalue weighted by molar-refractivity contribution is 5.91. The number of methoxy groups -OCH3 is 1. The molecule has 144 valence electrons. The van der Waals surface area contributed by atoms with Gasteiger partial charge in [0.05, 0.1) is 26.4 Å². The number of phenols is 1. The van der Waals surface area contributed by atoms with Crippen LogP contribution >= 0.6 is 0 Å². The molecule has 1 heterocycles. The van der Waals surface area contributed by atoms with Crippen molar-refractivity contribution >= 4 is 12.0 Å². The Bertz CT molecular complexity index is 1000. The second kappa shape index (κ2) is 8.81. The number of carbonyl (C=O) groups excluding carboxylic acids is 1. The summed E-state index contributed by atoms with van der Waals surface area (Å²) in [6.45, 7) is 0.604. The van der Waals surface area contributed by atoms with Crippen LogP contribution in [0.3, 0.4) is 0 Å². The summed E-state index contributed by atoms with van der Waals surface area (Å²) in [5.41, 5.74) is 2.07. The molecule has 0 aliphatic rings. The van der Waals surface area contributed by atoms with Gasteiger partial charge in [-0.2, -0.15) is 0 Å². The van der Waals surface area contributed by atoms with E-state index in [2.05, 4.69) is 15.6 Å². The standard InChI is InChI=1S/C20H19FN4O3/c1-28-19-10-14(5-7-18(19)26)6-8-20(27)22-11-17-13-25(24-23-17)12-15-3-2-4-16(21)9-15/h2-10,13,26H,11-12H2,1H3,(H,22,27)/b8-6+. The fourth-order valence-electron chi connectivity index (χ4n) is 2.53. The number of aromatic hydroxyl groups is 1. The molecule has 1 aromatic heterocycles. The van der Waals surface area contributed by atoms with Crippen LogP contribution in [0.2, 0.25) is 0 Å². The number of halogens is 1. The molecule has 0 unspecified atom stereocenters. The summed E-state index contributed by atoms with van der Waals surface area (Å²) < 4.78 is 19.8. The molecule has 28 heavy (non-hydrogen) atoms. The molecule has 3 rings (SSSR count). The SMILES string of the molecule is COc1cc(/C=C/C(=O)NCc2cn(Cc3cccc(F)c3)nn2)ccc1O. The van der Waals surface area contributed by atoms with Gasteiger partial charge in [-0.05, 0) is 41.5 Å². The maximum atomic E-state index is 13.2.